The zero-order chi connectivity index (χ0) is 31.7. The maximum Gasteiger partial charge on any atom is 0.237 e. The molecule has 46 heavy (non-hydrogen) atoms. The van der Waals surface area contributed by atoms with E-state index in [1.165, 1.54) is 17.7 Å². The van der Waals surface area contributed by atoms with Crippen molar-refractivity contribution in [3.8, 4) is 22.6 Å². The van der Waals surface area contributed by atoms with Crippen LogP contribution in [0.15, 0.2) is 91.3 Å². The van der Waals surface area contributed by atoms with Gasteiger partial charge in [-0.1, -0.05) is 30.3 Å². The van der Waals surface area contributed by atoms with Gasteiger partial charge >= 0.3 is 0 Å². The predicted molar refractivity (Wildman–Crippen MR) is 176 cm³/mol. The van der Waals surface area contributed by atoms with E-state index in [1.807, 2.05) is 42.2 Å². The summed E-state index contributed by atoms with van der Waals surface area (Å²) in [5, 5.41) is 11.3. The zero-order valence-corrected chi connectivity index (χ0v) is 25.5. The third-order valence-electron chi connectivity index (χ3n) is 9.04. The minimum absolute atomic E-state index is 0.0789. The number of anilines is 1. The molecule has 3 aromatic carbocycles. The first-order valence-corrected chi connectivity index (χ1v) is 15.5. The lowest BCUT2D eigenvalue weighted by Crippen LogP contribution is -2.43. The minimum atomic E-state index is -0.628. The van der Waals surface area contributed by atoms with Gasteiger partial charge in [0.05, 0.1) is 23.2 Å². The van der Waals surface area contributed by atoms with Gasteiger partial charge in [-0.05, 0) is 86.0 Å². The molecule has 1 saturated heterocycles. The second-order valence-electron chi connectivity index (χ2n) is 12.3. The molecule has 0 spiro atoms. The smallest absolute Gasteiger partial charge is 0.237 e. The van der Waals surface area contributed by atoms with Crippen molar-refractivity contribution in [1.82, 2.24) is 30.0 Å². The molecule has 10 heteroatoms. The topological polar surface area (TPSA) is 107 Å². The summed E-state index contributed by atoms with van der Waals surface area (Å²) in [7, 11) is 0. The minimum Gasteiger partial charge on any atom is -0.338 e. The lowest BCUT2D eigenvalue weighted by molar-refractivity contribution is -0.132. The molecule has 2 N–H and O–H groups in total. The van der Waals surface area contributed by atoms with E-state index < -0.39 is 5.41 Å². The number of likely N-dealkylation sites (tertiary alicyclic amines) is 1. The molecule has 1 unspecified atom stereocenters. The molecule has 2 aromatic heterocycles. The maximum absolute atomic E-state index is 13.5. The van der Waals surface area contributed by atoms with Gasteiger partial charge in [0.15, 0.2) is 5.82 Å². The summed E-state index contributed by atoms with van der Waals surface area (Å²) < 4.78 is 13.4. The van der Waals surface area contributed by atoms with Crippen LogP contribution in [-0.4, -0.2) is 74.5 Å². The van der Waals surface area contributed by atoms with E-state index in [4.69, 9.17) is 0 Å². The van der Waals surface area contributed by atoms with Crippen LogP contribution in [0.25, 0.3) is 39.1 Å². The third kappa shape index (κ3) is 6.03. The van der Waals surface area contributed by atoms with E-state index in [0.29, 0.717) is 56.4 Å². The van der Waals surface area contributed by atoms with Gasteiger partial charge in [0.1, 0.15) is 5.82 Å². The molecular formula is C36H34FN7O2. The quantitative estimate of drug-likeness (QED) is 0.240. The Labute approximate surface area is 266 Å². The number of carbonyl (C=O) groups excluding carboxylic acids is 2. The number of nitrogens with one attached hydrogen (secondary N) is 2. The fourth-order valence-corrected chi connectivity index (χ4v) is 6.31. The van der Waals surface area contributed by atoms with Gasteiger partial charge in [0.2, 0.25) is 11.8 Å². The van der Waals surface area contributed by atoms with Crippen molar-refractivity contribution in [2.75, 3.05) is 38.0 Å². The first-order chi connectivity index (χ1) is 22.3. The Bertz CT molecular complexity index is 1920. The molecule has 2 amide bonds. The molecule has 1 fully saturated rings. The van der Waals surface area contributed by atoms with E-state index in [0.717, 1.165) is 34.0 Å². The van der Waals surface area contributed by atoms with Crippen molar-refractivity contribution >= 4 is 34.0 Å². The van der Waals surface area contributed by atoms with Crippen LogP contribution in [0.1, 0.15) is 25.3 Å². The number of aromatic amines is 1. The highest BCUT2D eigenvalue weighted by Gasteiger charge is 2.41. The number of hydrogen-bond acceptors (Lipinski definition) is 6. The molecule has 0 bridgehead atoms. The fourth-order valence-electron chi connectivity index (χ4n) is 6.31. The molecule has 5 aromatic rings. The number of rotatable bonds is 7. The number of amides is 2. The van der Waals surface area contributed by atoms with Crippen molar-refractivity contribution in [3.63, 3.8) is 0 Å². The fraction of sp³-hybridized carbons (Fsp3) is 0.250. The normalized spacial score (nSPS) is 18.5. The molecule has 4 heterocycles. The van der Waals surface area contributed by atoms with Gasteiger partial charge < -0.3 is 10.2 Å². The molecule has 0 radical (unpaired) electrons. The number of H-pyrrole nitrogens is 1. The maximum atomic E-state index is 13.5. The predicted octanol–water partition coefficient (Wildman–Crippen LogP) is 5.79. The molecule has 1 atom stereocenters. The van der Waals surface area contributed by atoms with E-state index in [-0.39, 0.29) is 17.6 Å². The summed E-state index contributed by atoms with van der Waals surface area (Å²) in [4.78, 5) is 39.3. The highest BCUT2D eigenvalue weighted by Crippen LogP contribution is 2.33. The van der Waals surface area contributed by atoms with Crippen molar-refractivity contribution in [3.05, 3.63) is 103 Å². The van der Waals surface area contributed by atoms with Crippen LogP contribution in [0.5, 0.6) is 0 Å². The van der Waals surface area contributed by atoms with Gasteiger partial charge in [-0.2, -0.15) is 5.10 Å². The van der Waals surface area contributed by atoms with Crippen molar-refractivity contribution < 1.29 is 14.0 Å². The Balaban J connectivity index is 0.943. The lowest BCUT2D eigenvalue weighted by atomic mass is 9.88. The van der Waals surface area contributed by atoms with Crippen LogP contribution in [0.3, 0.4) is 0 Å². The Morgan fingerprint density at radius 3 is 2.43 bits per heavy atom. The number of benzene rings is 3. The molecule has 9 nitrogen and oxygen atoms in total. The summed E-state index contributed by atoms with van der Waals surface area (Å²) in [5.41, 5.74) is 5.68. The van der Waals surface area contributed by atoms with Gasteiger partial charge in [0.25, 0.3) is 0 Å². The molecule has 2 aliphatic heterocycles. The van der Waals surface area contributed by atoms with Crippen LogP contribution < -0.4 is 5.32 Å². The summed E-state index contributed by atoms with van der Waals surface area (Å²) in [6, 6.07) is 21.8. The van der Waals surface area contributed by atoms with Gasteiger partial charge in [-0.25, -0.2) is 14.4 Å². The number of hydrogen-bond donors (Lipinski definition) is 2. The molecule has 7 rings (SSSR count). The van der Waals surface area contributed by atoms with E-state index in [9.17, 15) is 14.0 Å². The monoisotopic (exact) mass is 615 g/mol. The number of aromatic nitrogens is 4. The average molecular weight is 616 g/mol. The second-order valence-corrected chi connectivity index (χ2v) is 12.3. The van der Waals surface area contributed by atoms with Gasteiger partial charge in [0, 0.05) is 54.2 Å². The molecular weight excluding hydrogens is 581 g/mol. The lowest BCUT2D eigenvalue weighted by Gasteiger charge is -2.29. The van der Waals surface area contributed by atoms with Crippen LogP contribution in [-0.2, 0) is 9.59 Å². The van der Waals surface area contributed by atoms with E-state index in [2.05, 4.69) is 48.6 Å². The van der Waals surface area contributed by atoms with E-state index >= 15 is 0 Å². The summed E-state index contributed by atoms with van der Waals surface area (Å²) >= 11 is 0. The number of fused-ring (bicyclic) bond motifs is 1. The van der Waals surface area contributed by atoms with Crippen LogP contribution >= 0.6 is 0 Å². The van der Waals surface area contributed by atoms with Crippen molar-refractivity contribution in [2.45, 2.75) is 19.8 Å². The Kier molecular flexibility index (Phi) is 7.88. The van der Waals surface area contributed by atoms with Crippen LogP contribution in [0, 0.1) is 11.2 Å². The van der Waals surface area contributed by atoms with Crippen LogP contribution in [0.4, 0.5) is 10.1 Å². The van der Waals surface area contributed by atoms with Gasteiger partial charge in [-0.3, -0.25) is 19.6 Å². The Morgan fingerprint density at radius 2 is 1.70 bits per heavy atom. The summed E-state index contributed by atoms with van der Waals surface area (Å²) in [6.07, 6.45) is 7.06. The highest BCUT2D eigenvalue weighted by molar-refractivity contribution is 6.00. The van der Waals surface area contributed by atoms with Crippen LogP contribution in [0.2, 0.25) is 0 Å². The summed E-state index contributed by atoms with van der Waals surface area (Å²) in [5.74, 6) is 0.391. The highest BCUT2D eigenvalue weighted by atomic mass is 19.1. The Hall–Kier alpha value is -5.22. The SMILES string of the molecule is CC1(C(=O)Nc2ccc3[nH]nc(-c4ccc(F)cc4)c3c2)CCN(CC(=O)N2CC=C(c3ccc(-c4ncccn4)cc3)CC2)C1. The van der Waals surface area contributed by atoms with Crippen molar-refractivity contribution in [2.24, 2.45) is 5.41 Å². The van der Waals surface area contributed by atoms with Crippen molar-refractivity contribution in [1.29, 1.82) is 0 Å². The van der Waals surface area contributed by atoms with E-state index in [1.54, 1.807) is 30.6 Å². The molecule has 0 aliphatic carbocycles. The largest absolute Gasteiger partial charge is 0.338 e. The summed E-state index contributed by atoms with van der Waals surface area (Å²) in [6.45, 7) is 4.66. The average Bonchev–Trinajstić information content (AvgIpc) is 3.69. The number of nitrogens with zero attached hydrogens (tertiary/aromatic N) is 5. The van der Waals surface area contributed by atoms with Gasteiger partial charge in [-0.15, -0.1) is 0 Å². The number of halogens is 1. The zero-order valence-electron chi connectivity index (χ0n) is 25.5. The molecule has 0 saturated carbocycles. The third-order valence-corrected chi connectivity index (χ3v) is 9.04. The first-order valence-electron chi connectivity index (χ1n) is 15.5. The second kappa shape index (κ2) is 12.3. The molecule has 2 aliphatic rings. The first kappa shape index (κ1) is 29.5. The standard InChI is InChI=1S/C36H34FN7O2/c1-36(35(46)40-29-11-12-31-30(21-29)33(42-41-31)26-7-9-28(37)10-8-26)15-20-43(23-36)22-32(45)44-18-13-25(14-19-44)24-3-5-27(6-4-24)34-38-16-2-17-39-34/h2-13,16-17,21H,14-15,18-20,22-23H2,1H3,(H,40,46)(H,41,42). The Morgan fingerprint density at radius 1 is 0.957 bits per heavy atom. The molecule has 232 valence electrons. The number of carbonyl (C=O) groups is 2.